The molecule has 1 aromatic carbocycles. The van der Waals surface area contributed by atoms with E-state index in [-0.39, 0.29) is 29.5 Å². The van der Waals surface area contributed by atoms with Gasteiger partial charge >= 0.3 is 5.97 Å². The van der Waals surface area contributed by atoms with Crippen molar-refractivity contribution in [1.29, 1.82) is 0 Å². The fourth-order valence-electron chi connectivity index (χ4n) is 3.55. The molecule has 1 unspecified atom stereocenters. The molecule has 0 saturated carbocycles. The number of ether oxygens (including phenoxy) is 1. The smallest absolute Gasteiger partial charge is 0.324 e. The van der Waals surface area contributed by atoms with Gasteiger partial charge in [-0.15, -0.1) is 0 Å². The van der Waals surface area contributed by atoms with Crippen molar-refractivity contribution in [2.24, 2.45) is 5.92 Å². The van der Waals surface area contributed by atoms with Crippen molar-refractivity contribution in [2.75, 3.05) is 13.7 Å². The first kappa shape index (κ1) is 24.9. The lowest BCUT2D eigenvalue weighted by Gasteiger charge is -2.33. The Morgan fingerprint density at radius 1 is 1.23 bits per heavy atom. The average Bonchev–Trinajstić information content (AvgIpc) is 2.75. The Balaban J connectivity index is 2.22. The fraction of sp³-hybridized carbons (Fsp3) is 0.545. The molecule has 0 radical (unpaired) electrons. The number of sulfonamides is 1. The summed E-state index contributed by atoms with van der Waals surface area (Å²) in [6, 6.07) is 5.71. The van der Waals surface area contributed by atoms with E-state index in [9.17, 15) is 18.0 Å². The summed E-state index contributed by atoms with van der Waals surface area (Å²) in [5.74, 6) is -0.848. The van der Waals surface area contributed by atoms with Gasteiger partial charge in [0.1, 0.15) is 12.2 Å². The largest absolute Gasteiger partial charge is 0.465 e. The van der Waals surface area contributed by atoms with E-state index in [1.807, 2.05) is 25.7 Å². The molecule has 9 heteroatoms. The minimum Gasteiger partial charge on any atom is -0.465 e. The van der Waals surface area contributed by atoms with E-state index in [1.165, 1.54) is 13.1 Å². The molecule has 0 saturated heterocycles. The third kappa shape index (κ3) is 5.86. The monoisotopic (exact) mass is 451 g/mol. The Kier molecular flexibility index (Phi) is 8.64. The number of likely N-dealkylation sites (N-methyl/N-ethyl adjacent to an activating group) is 1. The minimum atomic E-state index is -3.88. The molecule has 31 heavy (non-hydrogen) atoms. The number of hydrogen-bond donors (Lipinski definition) is 1. The van der Waals surface area contributed by atoms with E-state index < -0.39 is 22.0 Å². The van der Waals surface area contributed by atoms with Crippen LogP contribution in [0.5, 0.6) is 0 Å². The summed E-state index contributed by atoms with van der Waals surface area (Å²) in [5, 5.41) is 2.89. The molecule has 3 atom stereocenters. The van der Waals surface area contributed by atoms with Crippen LogP contribution in [0.2, 0.25) is 0 Å². The molecule has 1 aliphatic rings. The first-order valence-electron chi connectivity index (χ1n) is 10.6. The molecule has 1 amide bonds. The maximum absolute atomic E-state index is 13.2. The highest BCUT2D eigenvalue weighted by molar-refractivity contribution is 7.89. The normalized spacial score (nSPS) is 18.6. The Labute approximate surface area is 185 Å². The maximum Gasteiger partial charge on any atom is 0.324 e. The molecule has 0 fully saturated rings. The number of carbonyl (C=O) groups excluding carboxylic acids is 2. The zero-order valence-corrected chi connectivity index (χ0v) is 19.7. The van der Waals surface area contributed by atoms with Crippen LogP contribution in [0.15, 0.2) is 41.4 Å². The van der Waals surface area contributed by atoms with Crippen LogP contribution in [0.25, 0.3) is 0 Å². The quantitative estimate of drug-likeness (QED) is 0.549. The van der Waals surface area contributed by atoms with Gasteiger partial charge in [0.15, 0.2) is 0 Å². The second-order valence-corrected chi connectivity index (χ2v) is 9.67. The molecule has 2 rings (SSSR count). The zero-order valence-electron chi connectivity index (χ0n) is 18.9. The second-order valence-electron chi connectivity index (χ2n) is 7.67. The van der Waals surface area contributed by atoms with Gasteiger partial charge in [0.05, 0.1) is 11.5 Å². The SMILES string of the molecule is CCOC(=O)[C@H]([C@@H](C)CC)N(C)S(=O)(=O)c1ccc(CN2C=CC(=O)NC2CC)cc1. The van der Waals surface area contributed by atoms with E-state index >= 15 is 0 Å². The van der Waals surface area contributed by atoms with Crippen LogP contribution >= 0.6 is 0 Å². The molecule has 0 bridgehead atoms. The molecule has 8 nitrogen and oxygen atoms in total. The van der Waals surface area contributed by atoms with E-state index in [0.717, 1.165) is 16.3 Å². The van der Waals surface area contributed by atoms with Crippen LogP contribution in [-0.4, -0.2) is 55.4 Å². The van der Waals surface area contributed by atoms with Gasteiger partial charge < -0.3 is 15.0 Å². The van der Waals surface area contributed by atoms with Crippen LogP contribution in [-0.2, 0) is 30.9 Å². The standard InChI is InChI=1S/C22H33N3O5S/c1-6-16(4)21(22(27)30-8-3)24(5)31(28,29)18-11-9-17(10-12-18)15-25-14-13-20(26)23-19(25)7-2/h9-14,16,19,21H,6-8,15H2,1-5H3,(H,23,26)/t16-,19?,21-/m0/s1. The van der Waals surface area contributed by atoms with Crippen LogP contribution < -0.4 is 5.32 Å². The van der Waals surface area contributed by atoms with Crippen molar-refractivity contribution in [3.8, 4) is 0 Å². The topological polar surface area (TPSA) is 96.0 Å². The molecule has 1 aliphatic heterocycles. The summed E-state index contributed by atoms with van der Waals surface area (Å²) < 4.78 is 32.6. The van der Waals surface area contributed by atoms with E-state index in [1.54, 1.807) is 37.4 Å². The molecule has 0 aliphatic carbocycles. The number of nitrogens with one attached hydrogen (secondary N) is 1. The van der Waals surface area contributed by atoms with Gasteiger partial charge in [0, 0.05) is 25.9 Å². The highest BCUT2D eigenvalue weighted by Gasteiger charge is 2.37. The van der Waals surface area contributed by atoms with Crippen molar-refractivity contribution in [1.82, 2.24) is 14.5 Å². The first-order chi connectivity index (χ1) is 14.6. The number of carbonyl (C=O) groups is 2. The van der Waals surface area contributed by atoms with Gasteiger partial charge in [0.25, 0.3) is 0 Å². The third-order valence-corrected chi connectivity index (χ3v) is 7.43. The van der Waals surface area contributed by atoms with Crippen molar-refractivity contribution in [3.63, 3.8) is 0 Å². The second kappa shape index (κ2) is 10.8. The molecule has 172 valence electrons. The van der Waals surface area contributed by atoms with Crippen LogP contribution in [0.1, 0.15) is 46.1 Å². The fourth-order valence-corrected chi connectivity index (χ4v) is 4.95. The number of hydrogen-bond acceptors (Lipinski definition) is 6. The summed E-state index contributed by atoms with van der Waals surface area (Å²) in [4.78, 5) is 26.1. The highest BCUT2D eigenvalue weighted by atomic mass is 32.2. The Bertz CT molecular complexity index is 898. The van der Waals surface area contributed by atoms with Gasteiger partial charge in [-0.05, 0) is 37.0 Å². The number of benzene rings is 1. The van der Waals surface area contributed by atoms with Gasteiger partial charge in [-0.3, -0.25) is 9.59 Å². The zero-order chi connectivity index (χ0) is 23.2. The highest BCUT2D eigenvalue weighted by Crippen LogP contribution is 2.24. The van der Waals surface area contributed by atoms with Gasteiger partial charge in [0.2, 0.25) is 15.9 Å². The number of esters is 1. The summed E-state index contributed by atoms with van der Waals surface area (Å²) in [6.07, 6.45) is 4.51. The predicted molar refractivity (Wildman–Crippen MR) is 118 cm³/mol. The van der Waals surface area contributed by atoms with E-state index in [2.05, 4.69) is 5.32 Å². The number of rotatable bonds is 10. The molecular formula is C22H33N3O5S. The Morgan fingerprint density at radius 3 is 2.42 bits per heavy atom. The molecule has 0 aromatic heterocycles. The summed E-state index contributed by atoms with van der Waals surface area (Å²) in [6.45, 7) is 8.16. The molecular weight excluding hydrogens is 418 g/mol. The Hall–Kier alpha value is -2.39. The Morgan fingerprint density at radius 2 is 1.87 bits per heavy atom. The van der Waals surface area contributed by atoms with E-state index in [4.69, 9.17) is 4.74 Å². The van der Waals surface area contributed by atoms with Gasteiger partial charge in [-0.1, -0.05) is 39.3 Å². The number of amides is 1. The van der Waals surface area contributed by atoms with Crippen molar-refractivity contribution in [2.45, 2.75) is 64.2 Å². The average molecular weight is 452 g/mol. The lowest BCUT2D eigenvalue weighted by molar-refractivity contribution is -0.149. The lowest BCUT2D eigenvalue weighted by atomic mass is 9.99. The van der Waals surface area contributed by atoms with Gasteiger partial charge in [-0.25, -0.2) is 8.42 Å². The van der Waals surface area contributed by atoms with Crippen LogP contribution in [0.4, 0.5) is 0 Å². The van der Waals surface area contributed by atoms with Crippen molar-refractivity contribution in [3.05, 3.63) is 42.1 Å². The molecule has 1 N–H and O–H groups in total. The molecule has 0 spiro atoms. The van der Waals surface area contributed by atoms with E-state index in [0.29, 0.717) is 13.0 Å². The maximum atomic E-state index is 13.2. The number of nitrogens with zero attached hydrogens (tertiary/aromatic N) is 2. The summed E-state index contributed by atoms with van der Waals surface area (Å²) in [7, 11) is -2.46. The summed E-state index contributed by atoms with van der Waals surface area (Å²) >= 11 is 0. The first-order valence-corrected chi connectivity index (χ1v) is 12.1. The van der Waals surface area contributed by atoms with Crippen LogP contribution in [0.3, 0.4) is 0 Å². The molecule has 1 heterocycles. The van der Waals surface area contributed by atoms with Crippen LogP contribution in [0, 0.1) is 5.92 Å². The van der Waals surface area contributed by atoms with Crippen molar-refractivity contribution >= 4 is 21.9 Å². The minimum absolute atomic E-state index is 0.104. The predicted octanol–water partition coefficient (Wildman–Crippen LogP) is 2.47. The molecule has 1 aromatic rings. The third-order valence-electron chi connectivity index (χ3n) is 5.58. The summed E-state index contributed by atoms with van der Waals surface area (Å²) in [5.41, 5.74) is 0.907. The van der Waals surface area contributed by atoms with Crippen molar-refractivity contribution < 1.29 is 22.7 Å². The lowest BCUT2D eigenvalue weighted by Crippen LogP contribution is -2.47. The van der Waals surface area contributed by atoms with Gasteiger partial charge in [-0.2, -0.15) is 4.31 Å².